The fourth-order valence-corrected chi connectivity index (χ4v) is 0.897. The van der Waals surface area contributed by atoms with Gasteiger partial charge in [-0.25, -0.2) is 14.7 Å². The molecule has 1 heterocycles. The summed E-state index contributed by atoms with van der Waals surface area (Å²) in [4.78, 5) is 24.7. The number of aliphatic carboxylic acids is 1. The molecule has 12 heavy (non-hydrogen) atoms. The van der Waals surface area contributed by atoms with E-state index in [1.807, 2.05) is 0 Å². The normalized spacial score (nSPS) is 12.8. The van der Waals surface area contributed by atoms with Crippen LogP contribution < -0.4 is 5.69 Å². The molecule has 66 valence electrons. The highest BCUT2D eigenvalue weighted by atomic mass is 16.4. The second kappa shape index (κ2) is 2.80. The molecule has 1 aromatic rings. The molecule has 0 amide bonds. The first-order chi connectivity index (χ1) is 5.52. The lowest BCUT2D eigenvalue weighted by Crippen LogP contribution is -2.19. The van der Waals surface area contributed by atoms with Gasteiger partial charge in [-0.05, 0) is 13.8 Å². The highest BCUT2D eigenvalue weighted by Gasteiger charge is 2.15. The van der Waals surface area contributed by atoms with Gasteiger partial charge in [0, 0.05) is 0 Å². The van der Waals surface area contributed by atoms with Crippen molar-refractivity contribution in [3.63, 3.8) is 0 Å². The van der Waals surface area contributed by atoms with Crippen LogP contribution in [0.2, 0.25) is 0 Å². The SMILES string of the molecule is Cc1nc(=O)[nH]n1C(C)C(=O)O. The lowest BCUT2D eigenvalue weighted by Gasteiger charge is -2.07. The van der Waals surface area contributed by atoms with Crippen molar-refractivity contribution in [2.24, 2.45) is 0 Å². The summed E-state index contributed by atoms with van der Waals surface area (Å²) in [6.07, 6.45) is 0. The lowest BCUT2D eigenvalue weighted by atomic mass is 10.3. The van der Waals surface area contributed by atoms with Crippen molar-refractivity contribution in [3.8, 4) is 0 Å². The molecule has 0 saturated carbocycles. The van der Waals surface area contributed by atoms with Gasteiger partial charge in [0.15, 0.2) is 0 Å². The largest absolute Gasteiger partial charge is 0.480 e. The van der Waals surface area contributed by atoms with Crippen LogP contribution in [0.1, 0.15) is 18.8 Å². The van der Waals surface area contributed by atoms with E-state index in [1.54, 1.807) is 6.92 Å². The summed E-state index contributed by atoms with van der Waals surface area (Å²) in [5.41, 5.74) is -0.527. The van der Waals surface area contributed by atoms with Gasteiger partial charge in [-0.1, -0.05) is 0 Å². The minimum atomic E-state index is -1.01. The van der Waals surface area contributed by atoms with Crippen molar-refractivity contribution < 1.29 is 9.90 Å². The number of hydrogen-bond acceptors (Lipinski definition) is 3. The van der Waals surface area contributed by atoms with E-state index in [1.165, 1.54) is 11.6 Å². The molecule has 0 aliphatic rings. The first-order valence-corrected chi connectivity index (χ1v) is 3.40. The van der Waals surface area contributed by atoms with Gasteiger partial charge in [-0.3, -0.25) is 4.68 Å². The van der Waals surface area contributed by atoms with E-state index in [-0.39, 0.29) is 0 Å². The Morgan fingerprint density at radius 2 is 2.33 bits per heavy atom. The van der Waals surface area contributed by atoms with Gasteiger partial charge in [0.05, 0.1) is 0 Å². The molecule has 0 fully saturated rings. The van der Waals surface area contributed by atoms with Crippen molar-refractivity contribution in [1.29, 1.82) is 0 Å². The topological polar surface area (TPSA) is 88.0 Å². The number of rotatable bonds is 2. The molecule has 0 saturated heterocycles. The van der Waals surface area contributed by atoms with Crippen LogP contribution in [0.5, 0.6) is 0 Å². The molecule has 0 bridgehead atoms. The van der Waals surface area contributed by atoms with Crippen LogP contribution in [0.4, 0.5) is 0 Å². The predicted molar refractivity (Wildman–Crippen MR) is 39.9 cm³/mol. The number of nitrogens with zero attached hydrogens (tertiary/aromatic N) is 2. The Balaban J connectivity index is 3.10. The summed E-state index contributed by atoms with van der Waals surface area (Å²) in [7, 11) is 0. The van der Waals surface area contributed by atoms with Crippen LogP contribution in [0, 0.1) is 6.92 Å². The zero-order chi connectivity index (χ0) is 9.30. The summed E-state index contributed by atoms with van der Waals surface area (Å²) in [5.74, 6) is -0.637. The van der Waals surface area contributed by atoms with Crippen molar-refractivity contribution in [1.82, 2.24) is 14.8 Å². The molecule has 1 aromatic heterocycles. The van der Waals surface area contributed by atoms with E-state index in [2.05, 4.69) is 10.1 Å². The van der Waals surface area contributed by atoms with Crippen molar-refractivity contribution in [2.75, 3.05) is 0 Å². The predicted octanol–water partition coefficient (Wildman–Crippen LogP) is -0.475. The van der Waals surface area contributed by atoms with Crippen LogP contribution in [-0.4, -0.2) is 25.8 Å². The second-order valence-electron chi connectivity index (χ2n) is 2.46. The average Bonchev–Trinajstić information content (AvgIpc) is 2.28. The Morgan fingerprint density at radius 1 is 1.75 bits per heavy atom. The number of hydrogen-bond donors (Lipinski definition) is 2. The minimum Gasteiger partial charge on any atom is -0.480 e. The maximum absolute atomic E-state index is 10.7. The lowest BCUT2D eigenvalue weighted by molar-refractivity contribution is -0.140. The van der Waals surface area contributed by atoms with Gasteiger partial charge in [-0.2, -0.15) is 4.98 Å². The summed E-state index contributed by atoms with van der Waals surface area (Å²) in [5, 5.41) is 10.9. The minimum absolute atomic E-state index is 0.370. The Labute approximate surface area is 67.8 Å². The van der Waals surface area contributed by atoms with Crippen LogP contribution in [0.15, 0.2) is 4.79 Å². The number of carboxylic acid groups (broad SMARTS) is 1. The third-order valence-electron chi connectivity index (χ3n) is 1.57. The summed E-state index contributed by atoms with van der Waals surface area (Å²) in [6.45, 7) is 3.03. The van der Waals surface area contributed by atoms with Gasteiger partial charge < -0.3 is 5.11 Å². The van der Waals surface area contributed by atoms with Gasteiger partial charge in [-0.15, -0.1) is 0 Å². The zero-order valence-corrected chi connectivity index (χ0v) is 6.74. The highest BCUT2D eigenvalue weighted by molar-refractivity contribution is 5.71. The van der Waals surface area contributed by atoms with Crippen molar-refractivity contribution in [3.05, 3.63) is 16.3 Å². The fourth-order valence-electron chi connectivity index (χ4n) is 0.897. The molecule has 1 unspecified atom stereocenters. The van der Waals surface area contributed by atoms with Gasteiger partial charge >= 0.3 is 11.7 Å². The molecular weight excluding hydrogens is 162 g/mol. The number of carbonyl (C=O) groups is 1. The molecule has 1 atom stereocenters. The first-order valence-electron chi connectivity index (χ1n) is 3.40. The Morgan fingerprint density at radius 3 is 2.67 bits per heavy atom. The number of H-pyrrole nitrogens is 1. The van der Waals surface area contributed by atoms with Gasteiger partial charge in [0.25, 0.3) is 0 Å². The number of carboxylic acids is 1. The molecule has 0 aliphatic heterocycles. The summed E-state index contributed by atoms with van der Waals surface area (Å²) < 4.78 is 1.21. The highest BCUT2D eigenvalue weighted by Crippen LogP contribution is 2.03. The van der Waals surface area contributed by atoms with Gasteiger partial charge in [0.2, 0.25) is 0 Å². The summed E-state index contributed by atoms with van der Waals surface area (Å²) >= 11 is 0. The Hall–Kier alpha value is -1.59. The smallest absolute Gasteiger partial charge is 0.361 e. The summed E-state index contributed by atoms with van der Waals surface area (Å²) in [6, 6.07) is -0.791. The van der Waals surface area contributed by atoms with E-state index in [0.29, 0.717) is 5.82 Å². The zero-order valence-electron chi connectivity index (χ0n) is 6.74. The van der Waals surface area contributed by atoms with Crippen molar-refractivity contribution >= 4 is 5.97 Å². The second-order valence-corrected chi connectivity index (χ2v) is 2.46. The molecule has 2 N–H and O–H groups in total. The fraction of sp³-hybridized carbons (Fsp3) is 0.500. The molecule has 0 radical (unpaired) electrons. The Kier molecular flexibility index (Phi) is 1.99. The third kappa shape index (κ3) is 1.36. The first kappa shape index (κ1) is 8.51. The molecular formula is C6H9N3O3. The number of aromatic amines is 1. The Bertz CT molecular complexity index is 351. The van der Waals surface area contributed by atoms with Crippen LogP contribution >= 0.6 is 0 Å². The average molecular weight is 171 g/mol. The number of aryl methyl sites for hydroxylation is 1. The number of aromatic nitrogens is 3. The molecule has 0 aromatic carbocycles. The molecule has 0 aliphatic carbocycles. The monoisotopic (exact) mass is 171 g/mol. The third-order valence-corrected chi connectivity index (χ3v) is 1.57. The van der Waals surface area contributed by atoms with E-state index < -0.39 is 17.7 Å². The van der Waals surface area contributed by atoms with Crippen LogP contribution in [0.25, 0.3) is 0 Å². The van der Waals surface area contributed by atoms with E-state index in [0.717, 1.165) is 0 Å². The quantitative estimate of drug-likeness (QED) is 0.629. The maximum atomic E-state index is 10.7. The van der Waals surface area contributed by atoms with Crippen LogP contribution in [-0.2, 0) is 4.79 Å². The molecule has 6 nitrogen and oxygen atoms in total. The molecule has 6 heteroatoms. The van der Waals surface area contributed by atoms with E-state index in [9.17, 15) is 9.59 Å². The molecule has 1 rings (SSSR count). The number of nitrogens with one attached hydrogen (secondary N) is 1. The van der Waals surface area contributed by atoms with Crippen LogP contribution in [0.3, 0.4) is 0 Å². The van der Waals surface area contributed by atoms with Crippen molar-refractivity contribution in [2.45, 2.75) is 19.9 Å². The van der Waals surface area contributed by atoms with Gasteiger partial charge in [0.1, 0.15) is 11.9 Å². The standard InChI is InChI=1S/C6H9N3O3/c1-3(5(10)11)9-4(2)7-6(12)8-9/h3H,1-2H3,(H,8,12)(H,10,11). The maximum Gasteiger partial charge on any atom is 0.361 e. The van der Waals surface area contributed by atoms with E-state index >= 15 is 0 Å². The molecule has 0 spiro atoms. The van der Waals surface area contributed by atoms with E-state index in [4.69, 9.17) is 5.11 Å².